The Labute approximate surface area is 269 Å². The zero-order valence-electron chi connectivity index (χ0n) is 30.3. The van der Waals surface area contributed by atoms with Crippen LogP contribution < -0.4 is 37.2 Å². The Bertz CT molecular complexity index is 490. The van der Waals surface area contributed by atoms with E-state index < -0.39 is 0 Å². The van der Waals surface area contributed by atoms with Crippen LogP contribution in [-0.2, 0) is 0 Å². The van der Waals surface area contributed by atoms with Crippen molar-refractivity contribution >= 4 is 0 Å². The van der Waals surface area contributed by atoms with Crippen molar-refractivity contribution in [3.63, 3.8) is 0 Å². The Morgan fingerprint density at radius 3 is 1.16 bits per heavy atom. The van der Waals surface area contributed by atoms with E-state index in [2.05, 4.69) is 84.9 Å². The Morgan fingerprint density at radius 1 is 0.349 bits per heavy atom. The third kappa shape index (κ3) is 35.9. The Kier molecular flexibility index (Phi) is 39.2. The van der Waals surface area contributed by atoms with Crippen LogP contribution in [0.4, 0.5) is 0 Å². The van der Waals surface area contributed by atoms with E-state index >= 15 is 0 Å². The number of unbranched alkanes of at least 4 members (excludes halogenated alkanes) is 3. The van der Waals surface area contributed by atoms with Gasteiger partial charge in [0.15, 0.2) is 0 Å². The summed E-state index contributed by atoms with van der Waals surface area (Å²) in [5, 5.41) is 23.4. The van der Waals surface area contributed by atoms with E-state index in [0.717, 1.165) is 118 Å². The molecule has 0 aromatic carbocycles. The summed E-state index contributed by atoms with van der Waals surface area (Å²) in [5.41, 5.74) is 0. The molecular weight excluding hydrogens is 538 g/mol. The van der Waals surface area contributed by atoms with Gasteiger partial charge in [0.25, 0.3) is 0 Å². The van der Waals surface area contributed by atoms with Gasteiger partial charge in [-0.1, -0.05) is 19.8 Å². The van der Waals surface area contributed by atoms with Gasteiger partial charge >= 0.3 is 0 Å². The molecule has 0 spiro atoms. The third-order valence-corrected chi connectivity index (χ3v) is 7.63. The molecule has 7 N–H and O–H groups in total. The van der Waals surface area contributed by atoms with Crippen LogP contribution in [0.1, 0.15) is 39.0 Å². The number of nitrogens with zero attached hydrogens (tertiary/aromatic N) is 4. The zero-order valence-corrected chi connectivity index (χ0v) is 30.3. The maximum Gasteiger partial charge on any atom is 0.0110 e. The lowest BCUT2D eigenvalue weighted by Crippen LogP contribution is -2.42. The first-order valence-electron chi connectivity index (χ1n) is 17.4. The molecule has 0 saturated heterocycles. The van der Waals surface area contributed by atoms with Crippen LogP contribution in [0.2, 0.25) is 0 Å². The van der Waals surface area contributed by atoms with Gasteiger partial charge in [0.05, 0.1) is 0 Å². The van der Waals surface area contributed by atoms with Gasteiger partial charge in [-0.25, -0.2) is 0 Å². The molecular formula is C32H79N11. The first-order chi connectivity index (χ1) is 21.0. The first-order valence-corrected chi connectivity index (χ1v) is 17.4. The summed E-state index contributed by atoms with van der Waals surface area (Å²) in [5.74, 6) is 0. The van der Waals surface area contributed by atoms with Crippen LogP contribution in [0.5, 0.6) is 0 Å². The topological polar surface area (TPSA) is 97.2 Å². The summed E-state index contributed by atoms with van der Waals surface area (Å²) in [4.78, 5) is 9.99. The van der Waals surface area contributed by atoms with E-state index in [9.17, 15) is 0 Å². The molecule has 0 aromatic heterocycles. The van der Waals surface area contributed by atoms with Crippen LogP contribution >= 0.6 is 0 Å². The van der Waals surface area contributed by atoms with Crippen molar-refractivity contribution in [2.24, 2.45) is 0 Å². The van der Waals surface area contributed by atoms with Gasteiger partial charge in [0.2, 0.25) is 0 Å². The minimum absolute atomic E-state index is 1.05. The van der Waals surface area contributed by atoms with Crippen LogP contribution in [0.15, 0.2) is 0 Å². The summed E-state index contributed by atoms with van der Waals surface area (Å²) < 4.78 is 0. The Hall–Kier alpha value is -0.440. The van der Waals surface area contributed by atoms with E-state index in [1.54, 1.807) is 0 Å². The molecule has 0 atom stereocenters. The molecule has 0 heterocycles. The highest BCUT2D eigenvalue weighted by Gasteiger charge is 2.09. The lowest BCUT2D eigenvalue weighted by molar-refractivity contribution is 0.203. The maximum atomic E-state index is 3.64. The fourth-order valence-corrected chi connectivity index (χ4v) is 4.47. The highest BCUT2D eigenvalue weighted by molar-refractivity contribution is 4.67. The molecule has 11 heteroatoms. The van der Waals surface area contributed by atoms with Crippen molar-refractivity contribution in [1.29, 1.82) is 0 Å². The van der Waals surface area contributed by atoms with Crippen LogP contribution in [0.25, 0.3) is 0 Å². The zero-order chi connectivity index (χ0) is 32.2. The molecule has 0 amide bonds. The van der Waals surface area contributed by atoms with Gasteiger partial charge in [-0.2, -0.15) is 0 Å². The normalized spacial score (nSPS) is 11.7. The highest BCUT2D eigenvalue weighted by atomic mass is 15.2. The summed E-state index contributed by atoms with van der Waals surface area (Å²) in [7, 11) is 14.5. The van der Waals surface area contributed by atoms with E-state index in [0.29, 0.717) is 0 Å². The average molecular weight is 618 g/mol. The maximum absolute atomic E-state index is 3.64. The molecule has 43 heavy (non-hydrogen) atoms. The molecule has 11 nitrogen and oxygen atoms in total. The molecule has 0 aliphatic rings. The molecule has 0 radical (unpaired) electrons. The van der Waals surface area contributed by atoms with Crippen molar-refractivity contribution < 1.29 is 0 Å². The van der Waals surface area contributed by atoms with Crippen molar-refractivity contribution in [3.05, 3.63) is 0 Å². The second-order valence-corrected chi connectivity index (χ2v) is 11.7. The van der Waals surface area contributed by atoms with E-state index in [1.165, 1.54) is 38.6 Å². The summed E-state index contributed by atoms with van der Waals surface area (Å²) >= 11 is 0. The summed E-state index contributed by atoms with van der Waals surface area (Å²) in [6.07, 6.45) is 6.45. The minimum Gasteiger partial charge on any atom is -0.320 e. The third-order valence-electron chi connectivity index (χ3n) is 7.63. The summed E-state index contributed by atoms with van der Waals surface area (Å²) in [6, 6.07) is 0. The Morgan fingerprint density at radius 2 is 0.744 bits per heavy atom. The van der Waals surface area contributed by atoms with E-state index in [1.807, 2.05) is 28.2 Å². The molecule has 262 valence electrons. The van der Waals surface area contributed by atoms with Crippen LogP contribution in [0.3, 0.4) is 0 Å². The van der Waals surface area contributed by atoms with E-state index in [4.69, 9.17) is 0 Å². The first kappa shape index (κ1) is 44.7. The molecule has 0 bridgehead atoms. The van der Waals surface area contributed by atoms with Gasteiger partial charge in [-0.05, 0) is 88.2 Å². The number of likely N-dealkylation sites (N-methyl/N-ethyl adjacent to an activating group) is 6. The Balaban J connectivity index is 0. The lowest BCUT2D eigenvalue weighted by atomic mass is 10.2. The number of rotatable bonds is 33. The van der Waals surface area contributed by atoms with Crippen LogP contribution in [-0.4, -0.2) is 193 Å². The van der Waals surface area contributed by atoms with Crippen molar-refractivity contribution in [1.82, 2.24) is 56.8 Å². The molecule has 0 rings (SSSR count). The number of nitrogens with one attached hydrogen (secondary N) is 7. The van der Waals surface area contributed by atoms with Crippen molar-refractivity contribution in [2.75, 3.05) is 174 Å². The molecule has 0 aromatic rings. The summed E-state index contributed by atoms with van der Waals surface area (Å²) in [6.45, 7) is 23.2. The predicted octanol–water partition coefficient (Wildman–Crippen LogP) is -0.313. The fraction of sp³-hybridized carbons (Fsp3) is 1.00. The van der Waals surface area contributed by atoms with Crippen LogP contribution in [0, 0.1) is 0 Å². The molecule has 0 unspecified atom stereocenters. The van der Waals surface area contributed by atoms with Gasteiger partial charge < -0.3 is 51.9 Å². The molecule has 0 aliphatic carbocycles. The molecule has 0 saturated carbocycles. The highest BCUT2D eigenvalue weighted by Crippen LogP contribution is 2.00. The minimum atomic E-state index is 1.05. The van der Waals surface area contributed by atoms with Gasteiger partial charge in [0.1, 0.15) is 0 Å². The standard InChI is InChI=1S/C27H66N10.C5H13N/c1-28-11-19-34(5)21-16-33-17-22-35(6)20-15-32-10-8-7-9-18-36(23-12-29-2)26-27-37(24-13-30-3)25-14-31-4;1-3-4-5-6-2/h28-33H,7-27H2,1-6H3;6H,3-5H2,1-2H3. The quantitative estimate of drug-likeness (QED) is 0.0495. The smallest absolute Gasteiger partial charge is 0.0110 e. The van der Waals surface area contributed by atoms with Gasteiger partial charge in [0, 0.05) is 105 Å². The second kappa shape index (κ2) is 37.7. The van der Waals surface area contributed by atoms with Gasteiger partial charge in [-0.15, -0.1) is 0 Å². The average Bonchev–Trinajstić information content (AvgIpc) is 3.01. The van der Waals surface area contributed by atoms with Crippen molar-refractivity contribution in [3.8, 4) is 0 Å². The SMILES string of the molecule is CCCCNC.CNCCN(C)CCNCCN(C)CCNCCCCCN(CCNC)CCN(CCNC)CCNC. The van der Waals surface area contributed by atoms with Gasteiger partial charge in [-0.3, -0.25) is 4.90 Å². The molecule has 0 fully saturated rings. The molecule has 0 aliphatic heterocycles. The van der Waals surface area contributed by atoms with Crippen molar-refractivity contribution in [2.45, 2.75) is 39.0 Å². The second-order valence-electron chi connectivity index (χ2n) is 11.7. The number of hydrogen-bond acceptors (Lipinski definition) is 11. The largest absolute Gasteiger partial charge is 0.320 e. The number of hydrogen-bond donors (Lipinski definition) is 7. The monoisotopic (exact) mass is 618 g/mol. The van der Waals surface area contributed by atoms with E-state index in [-0.39, 0.29) is 0 Å². The fourth-order valence-electron chi connectivity index (χ4n) is 4.47. The lowest BCUT2D eigenvalue weighted by Gasteiger charge is -2.28. The predicted molar refractivity (Wildman–Crippen MR) is 192 cm³/mol.